The Bertz CT molecular complexity index is 274. The number of hydrogen-bond donors (Lipinski definition) is 1. The predicted octanol–water partition coefficient (Wildman–Crippen LogP) is 4.67. The van der Waals surface area contributed by atoms with Crippen molar-refractivity contribution in [3.63, 3.8) is 0 Å². The maximum Gasteiger partial charge on any atom is 0.391 e. The minimum atomic E-state index is -3.99. The van der Waals surface area contributed by atoms with Crippen LogP contribution in [-0.2, 0) is 0 Å². The summed E-state index contributed by atoms with van der Waals surface area (Å²) < 4.78 is 37.8. The third-order valence-electron chi connectivity index (χ3n) is 5.07. The summed E-state index contributed by atoms with van der Waals surface area (Å²) in [6.07, 6.45) is 4.46. The van der Waals surface area contributed by atoms with Crippen molar-refractivity contribution >= 4 is 0 Å². The van der Waals surface area contributed by atoms with Crippen molar-refractivity contribution < 1.29 is 13.2 Å². The summed E-state index contributed by atoms with van der Waals surface area (Å²) in [7, 11) is 0. The van der Waals surface area contributed by atoms with Gasteiger partial charge >= 0.3 is 6.18 Å². The Labute approximate surface area is 114 Å². The van der Waals surface area contributed by atoms with E-state index >= 15 is 0 Å². The number of hydrogen-bond acceptors (Lipinski definition) is 1. The third kappa shape index (κ3) is 4.37. The fourth-order valence-electron chi connectivity index (χ4n) is 3.60. The van der Waals surface area contributed by atoms with Crippen LogP contribution in [0.15, 0.2) is 0 Å². The lowest BCUT2D eigenvalue weighted by Crippen LogP contribution is -2.42. The Balaban J connectivity index is 1.71. The second-order valence-electron chi connectivity index (χ2n) is 6.84. The molecule has 2 fully saturated rings. The maximum absolute atomic E-state index is 12.6. The van der Waals surface area contributed by atoms with Crippen molar-refractivity contribution in [1.82, 2.24) is 5.32 Å². The molecule has 112 valence electrons. The Morgan fingerprint density at radius 3 is 2.11 bits per heavy atom. The minimum Gasteiger partial charge on any atom is -0.313 e. The molecule has 2 aliphatic carbocycles. The first-order valence-electron chi connectivity index (χ1n) is 7.69. The van der Waals surface area contributed by atoms with E-state index < -0.39 is 12.1 Å². The second-order valence-corrected chi connectivity index (χ2v) is 6.84. The molecule has 0 atom stereocenters. The zero-order chi connectivity index (χ0) is 13.9. The summed E-state index contributed by atoms with van der Waals surface area (Å²) in [6.45, 7) is 3.30. The SMILES string of the molecule is CC1(CNC2CCC(C(F)(F)F)CC2)CCCCC1. The van der Waals surface area contributed by atoms with Gasteiger partial charge in [-0.2, -0.15) is 13.2 Å². The Morgan fingerprint density at radius 2 is 1.58 bits per heavy atom. The molecule has 2 rings (SSSR count). The van der Waals surface area contributed by atoms with Crippen LogP contribution in [0.5, 0.6) is 0 Å². The van der Waals surface area contributed by atoms with Gasteiger partial charge in [-0.05, 0) is 43.9 Å². The third-order valence-corrected chi connectivity index (χ3v) is 5.07. The van der Waals surface area contributed by atoms with Gasteiger partial charge in [-0.1, -0.05) is 26.2 Å². The van der Waals surface area contributed by atoms with Gasteiger partial charge in [0.05, 0.1) is 5.92 Å². The molecule has 0 aromatic carbocycles. The van der Waals surface area contributed by atoms with Gasteiger partial charge in [-0.15, -0.1) is 0 Å². The lowest BCUT2D eigenvalue weighted by Gasteiger charge is -2.37. The van der Waals surface area contributed by atoms with Gasteiger partial charge in [0, 0.05) is 12.6 Å². The molecule has 1 N–H and O–H groups in total. The number of rotatable bonds is 3. The van der Waals surface area contributed by atoms with Crippen LogP contribution in [-0.4, -0.2) is 18.8 Å². The van der Waals surface area contributed by atoms with Crippen molar-refractivity contribution in [3.05, 3.63) is 0 Å². The van der Waals surface area contributed by atoms with Gasteiger partial charge in [0.1, 0.15) is 0 Å². The molecule has 0 aliphatic heterocycles. The van der Waals surface area contributed by atoms with E-state index in [0.717, 1.165) is 6.54 Å². The fourth-order valence-corrected chi connectivity index (χ4v) is 3.60. The predicted molar refractivity (Wildman–Crippen MR) is 71.0 cm³/mol. The first-order valence-corrected chi connectivity index (χ1v) is 7.69. The largest absolute Gasteiger partial charge is 0.391 e. The van der Waals surface area contributed by atoms with Crippen molar-refractivity contribution in [3.8, 4) is 0 Å². The number of nitrogens with one attached hydrogen (secondary N) is 1. The highest BCUT2D eigenvalue weighted by atomic mass is 19.4. The highest BCUT2D eigenvalue weighted by Crippen LogP contribution is 2.38. The van der Waals surface area contributed by atoms with Gasteiger partial charge in [0.2, 0.25) is 0 Å². The minimum absolute atomic E-state index is 0.303. The molecule has 2 saturated carbocycles. The molecule has 0 radical (unpaired) electrons. The smallest absolute Gasteiger partial charge is 0.313 e. The Hall–Kier alpha value is -0.250. The normalized spacial score (nSPS) is 32.2. The summed E-state index contributed by atoms with van der Waals surface area (Å²) in [5, 5.41) is 3.54. The van der Waals surface area contributed by atoms with Crippen LogP contribution in [0.1, 0.15) is 64.7 Å². The molecule has 1 nitrogen and oxygen atoms in total. The van der Waals surface area contributed by atoms with E-state index in [1.807, 2.05) is 0 Å². The van der Waals surface area contributed by atoms with E-state index in [0.29, 0.717) is 37.1 Å². The van der Waals surface area contributed by atoms with E-state index in [1.54, 1.807) is 0 Å². The zero-order valence-electron chi connectivity index (χ0n) is 11.9. The molecular formula is C15H26F3N. The topological polar surface area (TPSA) is 12.0 Å². The monoisotopic (exact) mass is 277 g/mol. The summed E-state index contributed by atoms with van der Waals surface area (Å²) in [4.78, 5) is 0. The number of alkyl halides is 3. The zero-order valence-corrected chi connectivity index (χ0v) is 11.9. The molecule has 19 heavy (non-hydrogen) atoms. The van der Waals surface area contributed by atoms with Crippen LogP contribution in [0.4, 0.5) is 13.2 Å². The highest BCUT2D eigenvalue weighted by Gasteiger charge is 2.41. The van der Waals surface area contributed by atoms with Crippen LogP contribution < -0.4 is 5.32 Å². The van der Waals surface area contributed by atoms with Crippen LogP contribution in [0.25, 0.3) is 0 Å². The van der Waals surface area contributed by atoms with Gasteiger partial charge in [0.15, 0.2) is 0 Å². The lowest BCUT2D eigenvalue weighted by molar-refractivity contribution is -0.182. The summed E-state index contributed by atoms with van der Waals surface area (Å²) in [5.74, 6) is -1.06. The first-order chi connectivity index (χ1) is 8.89. The van der Waals surface area contributed by atoms with Gasteiger partial charge in [-0.25, -0.2) is 0 Å². The molecular weight excluding hydrogens is 251 g/mol. The lowest BCUT2D eigenvalue weighted by atomic mass is 9.75. The fraction of sp³-hybridized carbons (Fsp3) is 1.00. The molecule has 0 bridgehead atoms. The van der Waals surface area contributed by atoms with E-state index in [9.17, 15) is 13.2 Å². The summed E-state index contributed by atoms with van der Waals surface area (Å²) >= 11 is 0. The van der Waals surface area contributed by atoms with E-state index in [1.165, 1.54) is 32.1 Å². The number of halogens is 3. The quantitative estimate of drug-likeness (QED) is 0.790. The maximum atomic E-state index is 12.6. The van der Waals surface area contributed by atoms with Crippen LogP contribution in [0.2, 0.25) is 0 Å². The molecule has 0 amide bonds. The van der Waals surface area contributed by atoms with E-state index in [-0.39, 0.29) is 0 Å². The summed E-state index contributed by atoms with van der Waals surface area (Å²) in [5.41, 5.74) is 0.374. The second kappa shape index (κ2) is 6.02. The first kappa shape index (κ1) is 15.1. The van der Waals surface area contributed by atoms with E-state index in [4.69, 9.17) is 0 Å². The van der Waals surface area contributed by atoms with Crippen molar-refractivity contribution in [2.45, 2.75) is 76.9 Å². The molecule has 0 heterocycles. The Kier molecular flexibility index (Phi) is 4.80. The summed E-state index contributed by atoms with van der Waals surface area (Å²) in [6, 6.07) is 0.303. The molecule has 0 unspecified atom stereocenters. The molecule has 4 heteroatoms. The highest BCUT2D eigenvalue weighted by molar-refractivity contribution is 4.85. The van der Waals surface area contributed by atoms with Crippen molar-refractivity contribution in [1.29, 1.82) is 0 Å². The van der Waals surface area contributed by atoms with Gasteiger partial charge in [0.25, 0.3) is 0 Å². The molecule has 0 aromatic rings. The average molecular weight is 277 g/mol. The van der Waals surface area contributed by atoms with Gasteiger partial charge in [-0.3, -0.25) is 0 Å². The van der Waals surface area contributed by atoms with Crippen molar-refractivity contribution in [2.24, 2.45) is 11.3 Å². The Morgan fingerprint density at radius 1 is 1.00 bits per heavy atom. The molecule has 0 aromatic heterocycles. The average Bonchev–Trinajstić information content (AvgIpc) is 2.37. The van der Waals surface area contributed by atoms with E-state index in [2.05, 4.69) is 12.2 Å². The van der Waals surface area contributed by atoms with Crippen LogP contribution in [0, 0.1) is 11.3 Å². The molecule has 2 aliphatic rings. The van der Waals surface area contributed by atoms with Crippen LogP contribution >= 0.6 is 0 Å². The molecule has 0 spiro atoms. The van der Waals surface area contributed by atoms with Crippen LogP contribution in [0.3, 0.4) is 0 Å². The van der Waals surface area contributed by atoms with Gasteiger partial charge < -0.3 is 5.32 Å². The molecule has 0 saturated heterocycles. The standard InChI is InChI=1S/C15H26F3N/c1-14(9-3-2-4-10-14)11-19-13-7-5-12(6-8-13)15(16,17)18/h12-13,19H,2-11H2,1H3. The van der Waals surface area contributed by atoms with Crippen molar-refractivity contribution in [2.75, 3.05) is 6.54 Å².